The van der Waals surface area contributed by atoms with Crippen molar-refractivity contribution in [3.63, 3.8) is 0 Å². The van der Waals surface area contributed by atoms with Crippen LogP contribution in [0.1, 0.15) is 427 Å². The first-order chi connectivity index (χ1) is 48.4. The fourth-order valence-corrected chi connectivity index (χ4v) is 14.1. The van der Waals surface area contributed by atoms with Gasteiger partial charge in [-0.05, 0) is 37.5 Å². The minimum atomic E-state index is -4.96. The van der Waals surface area contributed by atoms with Crippen LogP contribution in [-0.2, 0) is 65.4 Å². The molecule has 17 nitrogen and oxygen atoms in total. The SMILES string of the molecule is CCCCCCCCCCCCCCCCCCCCCCCC(=O)OC[C@H](COP(=O)(O)OC[C@@H](O)COP(=O)(O)OC[C@@H](COC(=O)CCCCCCCCCC)OC(=O)CCCCCCCCCC(C)C)OC(=O)CCCCCCCCCCCCCCCCCCCCC(C)C. The number of rotatable bonds is 80. The highest BCUT2D eigenvalue weighted by Gasteiger charge is 2.30. The molecule has 0 aliphatic heterocycles. The van der Waals surface area contributed by atoms with Crippen molar-refractivity contribution < 1.29 is 80.2 Å². The Hall–Kier alpha value is -1.94. The van der Waals surface area contributed by atoms with E-state index in [1.54, 1.807) is 0 Å². The van der Waals surface area contributed by atoms with Gasteiger partial charge in [0.15, 0.2) is 12.2 Å². The molecule has 0 bridgehead atoms. The molecule has 5 atom stereocenters. The monoisotopic (exact) mass is 1470 g/mol. The Labute approximate surface area is 613 Å². The molecule has 0 fully saturated rings. The summed E-state index contributed by atoms with van der Waals surface area (Å²) in [6, 6.07) is 0. The van der Waals surface area contributed by atoms with Gasteiger partial charge in [0.05, 0.1) is 26.4 Å². The lowest BCUT2D eigenvalue weighted by atomic mass is 10.0. The summed E-state index contributed by atoms with van der Waals surface area (Å²) in [6.45, 7) is 9.56. The third-order valence-corrected chi connectivity index (χ3v) is 20.9. The zero-order chi connectivity index (χ0) is 73.5. The fraction of sp³-hybridized carbons (Fsp3) is 0.951. The number of ether oxygens (including phenoxy) is 4. The first-order valence-electron chi connectivity index (χ1n) is 42.0. The Kier molecular flexibility index (Phi) is 71.2. The Morgan fingerprint density at radius 3 is 0.680 bits per heavy atom. The Balaban J connectivity index is 5.15. The number of hydrogen-bond acceptors (Lipinski definition) is 15. The lowest BCUT2D eigenvalue weighted by molar-refractivity contribution is -0.161. The average molecular weight is 1470 g/mol. The van der Waals surface area contributed by atoms with Crippen molar-refractivity contribution in [1.82, 2.24) is 0 Å². The second-order valence-electron chi connectivity index (χ2n) is 30.1. The van der Waals surface area contributed by atoms with Crippen LogP contribution in [0.5, 0.6) is 0 Å². The number of carbonyl (C=O) groups excluding carboxylic acids is 4. The predicted molar refractivity (Wildman–Crippen MR) is 409 cm³/mol. The molecule has 0 rings (SSSR count). The van der Waals surface area contributed by atoms with Crippen LogP contribution >= 0.6 is 15.6 Å². The van der Waals surface area contributed by atoms with E-state index in [0.717, 1.165) is 102 Å². The molecule has 100 heavy (non-hydrogen) atoms. The van der Waals surface area contributed by atoms with E-state index in [1.807, 2.05) is 0 Å². The molecule has 0 aromatic carbocycles. The van der Waals surface area contributed by atoms with Crippen LogP contribution in [0.15, 0.2) is 0 Å². The van der Waals surface area contributed by atoms with Crippen LogP contribution in [0.25, 0.3) is 0 Å². The summed E-state index contributed by atoms with van der Waals surface area (Å²) < 4.78 is 68.5. The molecule has 0 saturated carbocycles. The van der Waals surface area contributed by atoms with Crippen molar-refractivity contribution in [1.29, 1.82) is 0 Å². The summed E-state index contributed by atoms with van der Waals surface area (Å²) in [7, 11) is -9.91. The number of aliphatic hydroxyl groups excluding tert-OH is 1. The van der Waals surface area contributed by atoms with E-state index in [0.29, 0.717) is 31.6 Å². The van der Waals surface area contributed by atoms with Crippen molar-refractivity contribution >= 4 is 39.5 Å². The van der Waals surface area contributed by atoms with E-state index in [2.05, 4.69) is 41.5 Å². The number of phosphoric acid groups is 2. The van der Waals surface area contributed by atoms with Crippen molar-refractivity contribution in [3.05, 3.63) is 0 Å². The molecule has 0 aromatic heterocycles. The maximum atomic E-state index is 13.1. The summed E-state index contributed by atoms with van der Waals surface area (Å²) >= 11 is 0. The maximum Gasteiger partial charge on any atom is 0.472 e. The molecule has 0 spiro atoms. The third kappa shape index (κ3) is 74.3. The van der Waals surface area contributed by atoms with Crippen LogP contribution in [0.2, 0.25) is 0 Å². The van der Waals surface area contributed by atoms with Crippen LogP contribution in [-0.4, -0.2) is 96.7 Å². The van der Waals surface area contributed by atoms with Crippen LogP contribution in [0.3, 0.4) is 0 Å². The lowest BCUT2D eigenvalue weighted by Gasteiger charge is -2.21. The molecule has 594 valence electrons. The first kappa shape index (κ1) is 98.1. The minimum Gasteiger partial charge on any atom is -0.462 e. The fourth-order valence-electron chi connectivity index (χ4n) is 12.5. The summed E-state index contributed by atoms with van der Waals surface area (Å²) in [4.78, 5) is 72.8. The van der Waals surface area contributed by atoms with E-state index in [-0.39, 0.29) is 25.7 Å². The number of unbranched alkanes of at least 4 members (excludes halogenated alkanes) is 50. The van der Waals surface area contributed by atoms with E-state index in [4.69, 9.17) is 37.0 Å². The predicted octanol–water partition coefficient (Wildman–Crippen LogP) is 24.3. The van der Waals surface area contributed by atoms with Gasteiger partial charge in [-0.2, -0.15) is 0 Å². The van der Waals surface area contributed by atoms with E-state index >= 15 is 0 Å². The minimum absolute atomic E-state index is 0.104. The topological polar surface area (TPSA) is 237 Å². The zero-order valence-corrected chi connectivity index (χ0v) is 67.3. The molecular weight excluding hydrogens is 1310 g/mol. The Morgan fingerprint density at radius 1 is 0.270 bits per heavy atom. The molecule has 0 aliphatic rings. The number of carbonyl (C=O) groups is 4. The van der Waals surface area contributed by atoms with E-state index < -0.39 is 97.5 Å². The lowest BCUT2D eigenvalue weighted by Crippen LogP contribution is -2.30. The van der Waals surface area contributed by atoms with Gasteiger partial charge in [-0.25, -0.2) is 9.13 Å². The standard InChI is InChI=1S/C81H158O17P2/c1-7-9-11-13-15-17-18-19-20-21-22-23-24-28-31-34-37-40-46-52-58-64-79(84)92-70-76(97-80(85)65-59-53-47-41-38-35-32-29-26-25-27-30-33-36-39-43-49-55-61-73(3)4)71-95-99(87,88)93-67-75(82)68-94-100(89,90)96-72-77(69-91-78(83)63-57-51-45-16-14-12-10-8-2)98-81(86)66-60-54-48-42-44-50-56-62-74(5)6/h73-77,82H,7-72H2,1-6H3,(H,87,88)(H,89,90)/t75-,76-,77-/m1/s1. The van der Waals surface area contributed by atoms with Crippen molar-refractivity contribution in [3.8, 4) is 0 Å². The van der Waals surface area contributed by atoms with Gasteiger partial charge in [-0.15, -0.1) is 0 Å². The highest BCUT2D eigenvalue weighted by Crippen LogP contribution is 2.45. The smallest absolute Gasteiger partial charge is 0.462 e. The second kappa shape index (κ2) is 72.6. The number of phosphoric ester groups is 2. The molecule has 0 radical (unpaired) electrons. The molecule has 0 aromatic rings. The van der Waals surface area contributed by atoms with E-state index in [1.165, 1.54) is 238 Å². The summed E-state index contributed by atoms with van der Waals surface area (Å²) in [5.74, 6) is -0.600. The normalized spacial score (nSPS) is 13.9. The molecule has 19 heteroatoms. The highest BCUT2D eigenvalue weighted by molar-refractivity contribution is 7.47. The Morgan fingerprint density at radius 2 is 0.460 bits per heavy atom. The maximum absolute atomic E-state index is 13.1. The number of esters is 4. The third-order valence-electron chi connectivity index (χ3n) is 19.0. The van der Waals surface area contributed by atoms with Crippen molar-refractivity contribution in [2.45, 2.75) is 445 Å². The number of hydrogen-bond donors (Lipinski definition) is 3. The van der Waals surface area contributed by atoms with Gasteiger partial charge < -0.3 is 33.8 Å². The molecule has 0 saturated heterocycles. The molecule has 0 amide bonds. The van der Waals surface area contributed by atoms with Gasteiger partial charge >= 0.3 is 39.5 Å². The molecule has 0 aliphatic carbocycles. The van der Waals surface area contributed by atoms with Gasteiger partial charge in [0.2, 0.25) is 0 Å². The molecule has 0 heterocycles. The second-order valence-corrected chi connectivity index (χ2v) is 33.0. The quantitative estimate of drug-likeness (QED) is 0.0222. The molecule has 3 N–H and O–H groups in total. The zero-order valence-electron chi connectivity index (χ0n) is 65.5. The number of aliphatic hydroxyl groups is 1. The average Bonchev–Trinajstić information content (AvgIpc) is 0.962. The Bertz CT molecular complexity index is 1920. The van der Waals surface area contributed by atoms with Crippen LogP contribution < -0.4 is 0 Å². The van der Waals surface area contributed by atoms with Crippen LogP contribution in [0, 0.1) is 11.8 Å². The molecule has 2 unspecified atom stereocenters. The van der Waals surface area contributed by atoms with Crippen molar-refractivity contribution in [2.75, 3.05) is 39.6 Å². The highest BCUT2D eigenvalue weighted by atomic mass is 31.2. The first-order valence-corrected chi connectivity index (χ1v) is 45.0. The van der Waals surface area contributed by atoms with Crippen molar-refractivity contribution in [2.24, 2.45) is 11.8 Å². The summed E-state index contributed by atoms with van der Waals surface area (Å²) in [5.41, 5.74) is 0. The summed E-state index contributed by atoms with van der Waals surface area (Å²) in [6.07, 6.45) is 62.9. The van der Waals surface area contributed by atoms with Gasteiger partial charge in [0, 0.05) is 25.7 Å². The van der Waals surface area contributed by atoms with E-state index in [9.17, 15) is 43.2 Å². The largest absolute Gasteiger partial charge is 0.472 e. The van der Waals surface area contributed by atoms with Gasteiger partial charge in [-0.1, -0.05) is 375 Å². The van der Waals surface area contributed by atoms with Gasteiger partial charge in [0.25, 0.3) is 0 Å². The van der Waals surface area contributed by atoms with Gasteiger partial charge in [0.1, 0.15) is 19.3 Å². The van der Waals surface area contributed by atoms with Crippen LogP contribution in [0.4, 0.5) is 0 Å². The molecular formula is C81H158O17P2. The van der Waals surface area contributed by atoms with Gasteiger partial charge in [-0.3, -0.25) is 37.3 Å². The summed E-state index contributed by atoms with van der Waals surface area (Å²) in [5, 5.41) is 10.6.